The fourth-order valence-corrected chi connectivity index (χ4v) is 2.52. The van der Waals surface area contributed by atoms with Crippen LogP contribution in [0.1, 0.15) is 11.4 Å². The number of alkyl halides is 3. The van der Waals surface area contributed by atoms with Crippen molar-refractivity contribution < 1.29 is 22.7 Å². The Morgan fingerprint density at radius 2 is 2.11 bits per heavy atom. The number of hydrogen-bond acceptors (Lipinski definition) is 4. The summed E-state index contributed by atoms with van der Waals surface area (Å²) in [5.74, 6) is 0.0263. The summed E-state index contributed by atoms with van der Waals surface area (Å²) >= 11 is 5.87. The first-order chi connectivity index (χ1) is 13.2. The van der Waals surface area contributed by atoms with Crippen LogP contribution in [0.5, 0.6) is 5.75 Å². The monoisotopic (exact) mass is 413 g/mol. The van der Waals surface area contributed by atoms with Gasteiger partial charge in [0.15, 0.2) is 12.4 Å². The Hall–Kier alpha value is -3.01. The van der Waals surface area contributed by atoms with Crippen molar-refractivity contribution in [3.63, 3.8) is 0 Å². The zero-order chi connectivity index (χ0) is 20.3. The van der Waals surface area contributed by atoms with Crippen LogP contribution in [0.15, 0.2) is 42.7 Å². The second-order valence-electron chi connectivity index (χ2n) is 5.87. The predicted molar refractivity (Wildman–Crippen MR) is 94.9 cm³/mol. The Balaban J connectivity index is 1.56. The maximum absolute atomic E-state index is 12.7. The van der Waals surface area contributed by atoms with E-state index in [-0.39, 0.29) is 19.0 Å². The van der Waals surface area contributed by atoms with Crippen molar-refractivity contribution in [1.82, 2.24) is 19.6 Å². The van der Waals surface area contributed by atoms with Gasteiger partial charge in [0.2, 0.25) is 5.91 Å². The Labute approximate surface area is 162 Å². The normalized spacial score (nSPS) is 11.5. The largest absolute Gasteiger partial charge is 0.471 e. The summed E-state index contributed by atoms with van der Waals surface area (Å²) in [6.07, 6.45) is -1.63. The minimum atomic E-state index is -4.56. The summed E-state index contributed by atoms with van der Waals surface area (Å²) in [6.45, 7) is 1.18. The first-order valence-corrected chi connectivity index (χ1v) is 8.41. The predicted octanol–water partition coefficient (Wildman–Crippen LogP) is 3.74. The highest BCUT2D eigenvalue weighted by Gasteiger charge is 2.34. The Bertz CT molecular complexity index is 983. The lowest BCUT2D eigenvalue weighted by atomic mass is 10.3. The van der Waals surface area contributed by atoms with Gasteiger partial charge in [-0.15, -0.1) is 0 Å². The van der Waals surface area contributed by atoms with E-state index >= 15 is 0 Å². The molecule has 2 heterocycles. The first kappa shape index (κ1) is 19.7. The van der Waals surface area contributed by atoms with E-state index in [2.05, 4.69) is 15.5 Å². The third kappa shape index (κ3) is 5.03. The zero-order valence-electron chi connectivity index (χ0n) is 14.6. The van der Waals surface area contributed by atoms with Crippen LogP contribution in [0.25, 0.3) is 0 Å². The fraction of sp³-hybridized carbons (Fsp3) is 0.235. The van der Waals surface area contributed by atoms with E-state index in [4.69, 9.17) is 16.3 Å². The van der Waals surface area contributed by atoms with Gasteiger partial charge in [0.25, 0.3) is 0 Å². The first-order valence-electron chi connectivity index (χ1n) is 8.03. The van der Waals surface area contributed by atoms with E-state index in [1.54, 1.807) is 24.3 Å². The van der Waals surface area contributed by atoms with Crippen molar-refractivity contribution in [2.45, 2.75) is 26.4 Å². The van der Waals surface area contributed by atoms with Gasteiger partial charge in [-0.25, -0.2) is 4.68 Å². The van der Waals surface area contributed by atoms with Crippen LogP contribution in [0, 0.1) is 6.92 Å². The smallest absolute Gasteiger partial charge is 0.435 e. The van der Waals surface area contributed by atoms with Crippen molar-refractivity contribution in [3.8, 4) is 5.75 Å². The highest BCUT2D eigenvalue weighted by atomic mass is 35.5. The van der Waals surface area contributed by atoms with Crippen molar-refractivity contribution >= 4 is 23.2 Å². The van der Waals surface area contributed by atoms with Crippen LogP contribution in [-0.4, -0.2) is 25.5 Å². The van der Waals surface area contributed by atoms with E-state index in [0.717, 1.165) is 10.7 Å². The minimum absolute atomic E-state index is 0.0867. The topological polar surface area (TPSA) is 74.0 Å². The molecule has 148 valence electrons. The standard InChI is InChI=1S/C17H15ClF3N5O2/c1-11-5-15(17(19,20)21)24-26(11)9-16(27)23-13-7-22-25(8-13)10-28-14-4-2-3-12(18)6-14/h2-8H,9-10H2,1H3,(H,23,27). The number of nitrogens with one attached hydrogen (secondary N) is 1. The Morgan fingerprint density at radius 3 is 2.79 bits per heavy atom. The molecule has 0 bridgehead atoms. The highest BCUT2D eigenvalue weighted by molar-refractivity contribution is 6.30. The third-order valence-electron chi connectivity index (χ3n) is 3.64. The molecule has 0 saturated carbocycles. The number of amides is 1. The fourth-order valence-electron chi connectivity index (χ4n) is 2.34. The number of aryl methyl sites for hydroxylation is 1. The molecule has 1 aromatic carbocycles. The second-order valence-corrected chi connectivity index (χ2v) is 6.31. The molecule has 11 heteroatoms. The Kier molecular flexibility index (Phi) is 5.59. The number of aromatic nitrogens is 4. The SMILES string of the molecule is Cc1cc(C(F)(F)F)nn1CC(=O)Nc1cnn(COc2cccc(Cl)c2)c1. The van der Waals surface area contributed by atoms with Gasteiger partial charge >= 0.3 is 6.18 Å². The van der Waals surface area contributed by atoms with Crippen molar-refractivity contribution in [2.24, 2.45) is 0 Å². The molecular formula is C17H15ClF3N5O2. The highest BCUT2D eigenvalue weighted by Crippen LogP contribution is 2.28. The van der Waals surface area contributed by atoms with Crippen molar-refractivity contribution in [1.29, 1.82) is 0 Å². The second kappa shape index (κ2) is 7.93. The van der Waals surface area contributed by atoms with Gasteiger partial charge in [0.1, 0.15) is 12.3 Å². The molecule has 0 fully saturated rings. The summed E-state index contributed by atoms with van der Waals surface area (Å²) in [5, 5.41) is 10.5. The molecular weight excluding hydrogens is 399 g/mol. The van der Waals surface area contributed by atoms with Gasteiger partial charge in [-0.05, 0) is 31.2 Å². The average Bonchev–Trinajstić information content (AvgIpc) is 3.20. The van der Waals surface area contributed by atoms with Gasteiger partial charge in [-0.2, -0.15) is 23.4 Å². The molecule has 2 aromatic heterocycles. The molecule has 0 saturated heterocycles. The molecule has 1 N–H and O–H groups in total. The lowest BCUT2D eigenvalue weighted by Gasteiger charge is -2.06. The lowest BCUT2D eigenvalue weighted by Crippen LogP contribution is -2.20. The number of rotatable bonds is 6. The third-order valence-corrected chi connectivity index (χ3v) is 3.88. The summed E-state index contributed by atoms with van der Waals surface area (Å²) in [4.78, 5) is 12.1. The van der Waals surface area contributed by atoms with Crippen LogP contribution >= 0.6 is 11.6 Å². The minimum Gasteiger partial charge on any atom is -0.471 e. The molecule has 0 radical (unpaired) electrons. The van der Waals surface area contributed by atoms with Gasteiger partial charge in [0, 0.05) is 10.7 Å². The van der Waals surface area contributed by atoms with Crippen LogP contribution in [0.4, 0.5) is 18.9 Å². The van der Waals surface area contributed by atoms with E-state index in [9.17, 15) is 18.0 Å². The molecule has 1 amide bonds. The zero-order valence-corrected chi connectivity index (χ0v) is 15.3. The van der Waals surface area contributed by atoms with Crippen molar-refractivity contribution in [3.05, 3.63) is 59.1 Å². The summed E-state index contributed by atoms with van der Waals surface area (Å²) in [5.41, 5.74) is -0.433. The summed E-state index contributed by atoms with van der Waals surface area (Å²) in [6, 6.07) is 7.73. The maximum Gasteiger partial charge on any atom is 0.435 e. The van der Waals surface area contributed by atoms with Gasteiger partial charge in [-0.3, -0.25) is 9.48 Å². The molecule has 0 atom stereocenters. The number of carbonyl (C=O) groups excluding carboxylic acids is 1. The van der Waals surface area contributed by atoms with Gasteiger partial charge < -0.3 is 10.1 Å². The Morgan fingerprint density at radius 1 is 1.32 bits per heavy atom. The number of hydrogen-bond donors (Lipinski definition) is 1. The number of anilines is 1. The number of nitrogens with zero attached hydrogens (tertiary/aromatic N) is 4. The van der Waals surface area contributed by atoms with E-state index in [1.807, 2.05) is 0 Å². The molecule has 0 spiro atoms. The molecule has 0 aliphatic heterocycles. The molecule has 0 unspecified atom stereocenters. The van der Waals surface area contributed by atoms with E-state index in [1.165, 1.54) is 24.0 Å². The van der Waals surface area contributed by atoms with E-state index < -0.39 is 17.8 Å². The molecule has 0 aliphatic carbocycles. The average molecular weight is 414 g/mol. The van der Waals surface area contributed by atoms with Gasteiger partial charge in [-0.1, -0.05) is 17.7 Å². The molecule has 7 nitrogen and oxygen atoms in total. The molecule has 3 aromatic rings. The molecule has 28 heavy (non-hydrogen) atoms. The lowest BCUT2D eigenvalue weighted by molar-refractivity contribution is -0.141. The van der Waals surface area contributed by atoms with E-state index in [0.29, 0.717) is 16.5 Å². The molecule has 0 aliphatic rings. The van der Waals surface area contributed by atoms with Gasteiger partial charge in [0.05, 0.1) is 18.1 Å². The summed E-state index contributed by atoms with van der Waals surface area (Å²) in [7, 11) is 0. The molecule has 3 rings (SSSR count). The number of halogens is 4. The number of ether oxygens (including phenoxy) is 1. The summed E-state index contributed by atoms with van der Waals surface area (Å²) < 4.78 is 46.0. The van der Waals surface area contributed by atoms with Crippen LogP contribution in [-0.2, 0) is 24.2 Å². The number of carbonyl (C=O) groups is 1. The van der Waals surface area contributed by atoms with Crippen LogP contribution < -0.4 is 10.1 Å². The quantitative estimate of drug-likeness (QED) is 0.668. The number of benzene rings is 1. The van der Waals surface area contributed by atoms with Crippen molar-refractivity contribution in [2.75, 3.05) is 5.32 Å². The van der Waals surface area contributed by atoms with Crippen LogP contribution in [0.3, 0.4) is 0 Å². The van der Waals surface area contributed by atoms with Crippen LogP contribution in [0.2, 0.25) is 5.02 Å². The maximum atomic E-state index is 12.7.